The molecule has 0 N–H and O–H groups in total. The van der Waals surface area contributed by atoms with Gasteiger partial charge in [-0.2, -0.15) is 0 Å². The fourth-order valence-electron chi connectivity index (χ4n) is 5.12. The van der Waals surface area contributed by atoms with Crippen molar-refractivity contribution < 1.29 is 4.74 Å². The number of methoxy groups -OCH3 is 1. The lowest BCUT2D eigenvalue weighted by atomic mass is 9.76. The molecular formula is C24H32O. The summed E-state index contributed by atoms with van der Waals surface area (Å²) < 4.78 is 5.27. The summed E-state index contributed by atoms with van der Waals surface area (Å²) in [6.07, 6.45) is 17.4. The van der Waals surface area contributed by atoms with Gasteiger partial charge in [0.1, 0.15) is 5.75 Å². The molecule has 3 fully saturated rings. The molecule has 0 amide bonds. The van der Waals surface area contributed by atoms with Crippen molar-refractivity contribution >= 4 is 0 Å². The van der Waals surface area contributed by atoms with Gasteiger partial charge < -0.3 is 4.74 Å². The average Bonchev–Trinajstić information content (AvgIpc) is 3.30. The van der Waals surface area contributed by atoms with Crippen molar-refractivity contribution in [1.82, 2.24) is 0 Å². The van der Waals surface area contributed by atoms with E-state index in [-0.39, 0.29) is 0 Å². The van der Waals surface area contributed by atoms with Crippen LogP contribution in [0.1, 0.15) is 69.3 Å². The second-order valence-corrected chi connectivity index (χ2v) is 8.67. The van der Waals surface area contributed by atoms with Crippen molar-refractivity contribution in [3.63, 3.8) is 0 Å². The minimum atomic E-state index is 0.598. The quantitative estimate of drug-likeness (QED) is 0.558. The fourth-order valence-corrected chi connectivity index (χ4v) is 5.12. The Hall–Kier alpha value is -1.50. The van der Waals surface area contributed by atoms with Crippen molar-refractivity contribution in [2.45, 2.75) is 63.7 Å². The van der Waals surface area contributed by atoms with Crippen LogP contribution in [0.3, 0.4) is 0 Å². The summed E-state index contributed by atoms with van der Waals surface area (Å²) >= 11 is 0. The van der Waals surface area contributed by atoms with Gasteiger partial charge in [-0.1, -0.05) is 36.4 Å². The highest BCUT2D eigenvalue weighted by Gasteiger charge is 2.48. The topological polar surface area (TPSA) is 9.23 Å². The molecule has 0 heterocycles. The van der Waals surface area contributed by atoms with Crippen molar-refractivity contribution in [2.75, 3.05) is 7.11 Å². The van der Waals surface area contributed by atoms with E-state index in [0.29, 0.717) is 5.41 Å². The third-order valence-electron chi connectivity index (χ3n) is 7.18. The van der Waals surface area contributed by atoms with Gasteiger partial charge in [0.25, 0.3) is 0 Å². The minimum absolute atomic E-state index is 0.598. The van der Waals surface area contributed by atoms with Gasteiger partial charge in [0, 0.05) is 0 Å². The molecule has 134 valence electrons. The standard InChI is InChI=1S/C24H32O/c1-18-17-24(18)15-13-20(14-16-24)4-3-19-5-7-21(8-6-19)22-9-11-23(25-2)12-10-22/h3-4,9-12,19-21H,1,5-8,13-17H2,2H3/b4-3+. The van der Waals surface area contributed by atoms with Gasteiger partial charge in [0.05, 0.1) is 7.11 Å². The first-order chi connectivity index (χ1) is 12.2. The van der Waals surface area contributed by atoms with E-state index in [4.69, 9.17) is 4.74 Å². The Morgan fingerprint density at radius 1 is 0.920 bits per heavy atom. The van der Waals surface area contributed by atoms with E-state index >= 15 is 0 Å². The highest BCUT2D eigenvalue weighted by atomic mass is 16.5. The van der Waals surface area contributed by atoms with Crippen LogP contribution in [0.15, 0.2) is 48.6 Å². The highest BCUT2D eigenvalue weighted by molar-refractivity contribution is 5.31. The lowest BCUT2D eigenvalue weighted by molar-refractivity contribution is 0.302. The second-order valence-electron chi connectivity index (χ2n) is 8.67. The maximum atomic E-state index is 5.27. The molecule has 1 nitrogen and oxygen atoms in total. The maximum absolute atomic E-state index is 5.27. The Morgan fingerprint density at radius 3 is 2.00 bits per heavy atom. The summed E-state index contributed by atoms with van der Waals surface area (Å²) in [7, 11) is 1.74. The van der Waals surface area contributed by atoms with Gasteiger partial charge in [-0.25, -0.2) is 0 Å². The van der Waals surface area contributed by atoms with Crippen LogP contribution in [0, 0.1) is 17.3 Å². The fraction of sp³-hybridized carbons (Fsp3) is 0.583. The van der Waals surface area contributed by atoms with Crippen LogP contribution in [-0.2, 0) is 0 Å². The first-order valence-electron chi connectivity index (χ1n) is 10.2. The van der Waals surface area contributed by atoms with E-state index in [0.717, 1.165) is 23.5 Å². The normalized spacial score (nSPS) is 35.2. The second kappa shape index (κ2) is 7.02. The number of hydrogen-bond acceptors (Lipinski definition) is 1. The third-order valence-corrected chi connectivity index (χ3v) is 7.18. The van der Waals surface area contributed by atoms with Gasteiger partial charge in [0.15, 0.2) is 0 Å². The van der Waals surface area contributed by atoms with E-state index in [1.165, 1.54) is 68.9 Å². The van der Waals surface area contributed by atoms with Crippen molar-refractivity contribution in [2.24, 2.45) is 17.3 Å². The van der Waals surface area contributed by atoms with E-state index in [1.807, 2.05) is 0 Å². The summed E-state index contributed by atoms with van der Waals surface area (Å²) in [6.45, 7) is 4.20. The molecule has 0 aromatic heterocycles. The third kappa shape index (κ3) is 3.71. The van der Waals surface area contributed by atoms with Crippen LogP contribution in [-0.4, -0.2) is 7.11 Å². The monoisotopic (exact) mass is 336 g/mol. The van der Waals surface area contributed by atoms with E-state index in [2.05, 4.69) is 43.0 Å². The molecule has 3 saturated carbocycles. The zero-order valence-electron chi connectivity index (χ0n) is 15.7. The Bertz CT molecular complexity index is 623. The predicted octanol–water partition coefficient (Wildman–Crippen LogP) is 6.66. The van der Waals surface area contributed by atoms with Crippen molar-refractivity contribution in [3.05, 3.63) is 54.1 Å². The number of benzene rings is 1. The predicted molar refractivity (Wildman–Crippen MR) is 105 cm³/mol. The summed E-state index contributed by atoms with van der Waals surface area (Å²) in [5.41, 5.74) is 3.62. The molecule has 0 aliphatic heterocycles. The zero-order chi connectivity index (χ0) is 17.3. The lowest BCUT2D eigenvalue weighted by Gasteiger charge is -2.29. The molecular weight excluding hydrogens is 304 g/mol. The van der Waals surface area contributed by atoms with Crippen LogP contribution in [0.5, 0.6) is 5.75 Å². The van der Waals surface area contributed by atoms with E-state index in [1.54, 1.807) is 7.11 Å². The number of rotatable bonds is 4. The maximum Gasteiger partial charge on any atom is 0.118 e. The first kappa shape index (κ1) is 16.9. The summed E-state index contributed by atoms with van der Waals surface area (Å²) in [5.74, 6) is 3.34. The summed E-state index contributed by atoms with van der Waals surface area (Å²) in [4.78, 5) is 0. The average molecular weight is 337 g/mol. The van der Waals surface area contributed by atoms with Gasteiger partial charge >= 0.3 is 0 Å². The van der Waals surface area contributed by atoms with Crippen LogP contribution in [0.2, 0.25) is 0 Å². The number of hydrogen-bond donors (Lipinski definition) is 0. The Labute approximate surface area is 153 Å². The van der Waals surface area contributed by atoms with Crippen molar-refractivity contribution in [1.29, 1.82) is 0 Å². The molecule has 25 heavy (non-hydrogen) atoms. The number of allylic oxidation sites excluding steroid dienone is 3. The molecule has 1 aromatic rings. The lowest BCUT2D eigenvalue weighted by Crippen LogP contribution is -2.15. The molecule has 0 bridgehead atoms. The SMILES string of the molecule is C=C1CC12CCC(/C=C/C1CCC(c3ccc(OC)cc3)CC1)CC2. The Kier molecular flexibility index (Phi) is 4.75. The molecule has 3 aliphatic rings. The Balaban J connectivity index is 1.24. The summed E-state index contributed by atoms with van der Waals surface area (Å²) in [5, 5.41) is 0. The summed E-state index contributed by atoms with van der Waals surface area (Å²) in [6, 6.07) is 8.71. The van der Waals surface area contributed by atoms with Crippen LogP contribution < -0.4 is 4.74 Å². The minimum Gasteiger partial charge on any atom is -0.497 e. The largest absolute Gasteiger partial charge is 0.497 e. The van der Waals surface area contributed by atoms with Gasteiger partial charge in [0.2, 0.25) is 0 Å². The molecule has 3 aliphatic carbocycles. The zero-order valence-corrected chi connectivity index (χ0v) is 15.7. The van der Waals surface area contributed by atoms with Crippen LogP contribution in [0.4, 0.5) is 0 Å². The molecule has 0 saturated heterocycles. The molecule has 4 rings (SSSR count). The van der Waals surface area contributed by atoms with Gasteiger partial charge in [-0.3, -0.25) is 0 Å². The molecule has 1 spiro atoms. The van der Waals surface area contributed by atoms with E-state index in [9.17, 15) is 0 Å². The smallest absolute Gasteiger partial charge is 0.118 e. The molecule has 0 unspecified atom stereocenters. The van der Waals surface area contributed by atoms with E-state index < -0.39 is 0 Å². The van der Waals surface area contributed by atoms with Gasteiger partial charge in [-0.05, 0) is 98.7 Å². The number of ether oxygens (including phenoxy) is 1. The Morgan fingerprint density at radius 2 is 1.48 bits per heavy atom. The highest BCUT2D eigenvalue weighted by Crippen LogP contribution is 2.61. The molecule has 1 aromatic carbocycles. The molecule has 0 radical (unpaired) electrons. The molecule has 1 heteroatoms. The first-order valence-corrected chi connectivity index (χ1v) is 10.2. The molecule has 0 atom stereocenters. The van der Waals surface area contributed by atoms with Crippen LogP contribution in [0.25, 0.3) is 0 Å². The van der Waals surface area contributed by atoms with Crippen molar-refractivity contribution in [3.8, 4) is 5.75 Å². The van der Waals surface area contributed by atoms with Gasteiger partial charge in [-0.15, -0.1) is 0 Å². The van der Waals surface area contributed by atoms with Crippen LogP contribution >= 0.6 is 0 Å².